The molecule has 1 rings (SSSR count). The third-order valence-corrected chi connectivity index (χ3v) is 2.81. The van der Waals surface area contributed by atoms with Gasteiger partial charge in [-0.05, 0) is 18.4 Å². The molecular weight excluding hydrogens is 188 g/mol. The Kier molecular flexibility index (Phi) is 4.66. The fraction of sp³-hybridized carbons (Fsp3) is 0.750. The average Bonchev–Trinajstić information content (AvgIpc) is 2.21. The van der Waals surface area contributed by atoms with E-state index in [0.717, 1.165) is 19.3 Å². The molecule has 86 valence electrons. The van der Waals surface area contributed by atoms with Gasteiger partial charge in [-0.3, -0.25) is 0 Å². The standard InChI is InChI=1S/C12H22N2O/c1-4-6-8-11-10(7-5-2)9-14(3)12(15)13-11/h9,11H,4-8H2,1-3H3,(H,13,15). The van der Waals surface area contributed by atoms with Crippen LogP contribution in [-0.2, 0) is 0 Å². The summed E-state index contributed by atoms with van der Waals surface area (Å²) in [6.45, 7) is 4.36. The van der Waals surface area contributed by atoms with Crippen molar-refractivity contribution >= 4 is 6.03 Å². The smallest absolute Gasteiger partial charge is 0.321 e. The number of carbonyl (C=O) groups excluding carboxylic acids is 1. The van der Waals surface area contributed by atoms with Crippen molar-refractivity contribution in [3.63, 3.8) is 0 Å². The molecule has 1 aliphatic heterocycles. The molecule has 1 N–H and O–H groups in total. The van der Waals surface area contributed by atoms with Crippen LogP contribution < -0.4 is 5.32 Å². The lowest BCUT2D eigenvalue weighted by atomic mass is 9.97. The first kappa shape index (κ1) is 12.1. The molecule has 0 aromatic heterocycles. The van der Waals surface area contributed by atoms with Crippen LogP contribution in [0.25, 0.3) is 0 Å². The van der Waals surface area contributed by atoms with Gasteiger partial charge in [0.1, 0.15) is 0 Å². The van der Waals surface area contributed by atoms with Crippen molar-refractivity contribution < 1.29 is 4.79 Å². The first-order chi connectivity index (χ1) is 7.19. The molecule has 0 bridgehead atoms. The summed E-state index contributed by atoms with van der Waals surface area (Å²) < 4.78 is 0. The minimum absolute atomic E-state index is 0.0240. The highest BCUT2D eigenvalue weighted by Gasteiger charge is 2.23. The Morgan fingerprint density at radius 1 is 1.40 bits per heavy atom. The van der Waals surface area contributed by atoms with Crippen LogP contribution in [0.5, 0.6) is 0 Å². The first-order valence-corrected chi connectivity index (χ1v) is 5.93. The Morgan fingerprint density at radius 3 is 2.73 bits per heavy atom. The van der Waals surface area contributed by atoms with Crippen LogP contribution >= 0.6 is 0 Å². The second kappa shape index (κ2) is 5.79. The maximum Gasteiger partial charge on any atom is 0.321 e. The zero-order valence-corrected chi connectivity index (χ0v) is 10.0. The van der Waals surface area contributed by atoms with E-state index in [-0.39, 0.29) is 12.1 Å². The maximum absolute atomic E-state index is 11.5. The summed E-state index contributed by atoms with van der Waals surface area (Å²) in [7, 11) is 1.81. The van der Waals surface area contributed by atoms with Crippen molar-refractivity contribution in [2.75, 3.05) is 7.05 Å². The third-order valence-electron chi connectivity index (χ3n) is 2.81. The number of rotatable bonds is 5. The lowest BCUT2D eigenvalue weighted by Crippen LogP contribution is -2.46. The number of carbonyl (C=O) groups is 1. The van der Waals surface area contributed by atoms with Crippen LogP contribution in [0.1, 0.15) is 46.0 Å². The molecule has 1 atom stereocenters. The lowest BCUT2D eigenvalue weighted by molar-refractivity contribution is 0.213. The van der Waals surface area contributed by atoms with Crippen molar-refractivity contribution in [3.05, 3.63) is 11.8 Å². The second-order valence-corrected chi connectivity index (χ2v) is 4.21. The van der Waals surface area contributed by atoms with Crippen LogP contribution in [0.2, 0.25) is 0 Å². The van der Waals surface area contributed by atoms with Crippen LogP contribution in [0.4, 0.5) is 4.79 Å². The monoisotopic (exact) mass is 210 g/mol. The highest BCUT2D eigenvalue weighted by molar-refractivity contribution is 5.77. The molecule has 0 spiro atoms. The topological polar surface area (TPSA) is 32.3 Å². The predicted octanol–water partition coefficient (Wildman–Crippen LogP) is 2.88. The molecule has 0 aromatic carbocycles. The van der Waals surface area contributed by atoms with Gasteiger partial charge in [-0.15, -0.1) is 0 Å². The van der Waals surface area contributed by atoms with E-state index in [2.05, 4.69) is 19.2 Å². The van der Waals surface area contributed by atoms with Gasteiger partial charge in [-0.25, -0.2) is 4.79 Å². The molecule has 2 amide bonds. The van der Waals surface area contributed by atoms with E-state index in [1.807, 2.05) is 6.20 Å². The number of urea groups is 1. The molecule has 0 aromatic rings. The van der Waals surface area contributed by atoms with E-state index >= 15 is 0 Å². The Morgan fingerprint density at radius 2 is 2.13 bits per heavy atom. The SMILES string of the molecule is CCCCC1NC(=O)N(C)C=C1CCC. The Labute approximate surface area is 92.5 Å². The first-order valence-electron chi connectivity index (χ1n) is 5.93. The molecular formula is C12H22N2O. The van der Waals surface area contributed by atoms with Crippen molar-refractivity contribution in [2.45, 2.75) is 52.0 Å². The van der Waals surface area contributed by atoms with Crippen molar-refractivity contribution in [1.29, 1.82) is 0 Å². The molecule has 0 saturated carbocycles. The number of nitrogens with one attached hydrogen (secondary N) is 1. The molecule has 0 aliphatic carbocycles. The maximum atomic E-state index is 11.5. The van der Waals surface area contributed by atoms with Gasteiger partial charge < -0.3 is 10.2 Å². The van der Waals surface area contributed by atoms with Gasteiger partial charge in [0, 0.05) is 13.2 Å². The van der Waals surface area contributed by atoms with Gasteiger partial charge in [0.25, 0.3) is 0 Å². The van der Waals surface area contributed by atoms with Crippen LogP contribution in [0.3, 0.4) is 0 Å². The normalized spacial score (nSPS) is 21.3. The van der Waals surface area contributed by atoms with E-state index < -0.39 is 0 Å². The highest BCUT2D eigenvalue weighted by Crippen LogP contribution is 2.19. The third kappa shape index (κ3) is 3.26. The number of hydrogen-bond donors (Lipinski definition) is 1. The summed E-state index contributed by atoms with van der Waals surface area (Å²) in [6, 6.07) is 0.296. The van der Waals surface area contributed by atoms with Crippen LogP contribution in [0.15, 0.2) is 11.8 Å². The van der Waals surface area contributed by atoms with Gasteiger partial charge in [0.15, 0.2) is 0 Å². The largest absolute Gasteiger partial charge is 0.331 e. The molecule has 3 nitrogen and oxygen atoms in total. The molecule has 0 fully saturated rings. The highest BCUT2D eigenvalue weighted by atomic mass is 16.2. The summed E-state index contributed by atoms with van der Waals surface area (Å²) in [5.41, 5.74) is 1.37. The van der Waals surface area contributed by atoms with Gasteiger partial charge in [0.05, 0.1) is 6.04 Å². The summed E-state index contributed by atoms with van der Waals surface area (Å²) in [4.78, 5) is 13.1. The Bertz CT molecular complexity index is 248. The summed E-state index contributed by atoms with van der Waals surface area (Å²) in [5, 5.41) is 3.05. The Hall–Kier alpha value is -0.990. The van der Waals surface area contributed by atoms with Gasteiger partial charge in [-0.2, -0.15) is 0 Å². The zero-order chi connectivity index (χ0) is 11.3. The summed E-state index contributed by atoms with van der Waals surface area (Å²) in [5.74, 6) is 0. The quantitative estimate of drug-likeness (QED) is 0.743. The predicted molar refractivity (Wildman–Crippen MR) is 62.6 cm³/mol. The summed E-state index contributed by atoms with van der Waals surface area (Å²) >= 11 is 0. The molecule has 0 saturated heterocycles. The number of unbranched alkanes of at least 4 members (excludes halogenated alkanes) is 1. The molecule has 1 heterocycles. The van der Waals surface area contributed by atoms with Crippen molar-refractivity contribution in [2.24, 2.45) is 0 Å². The van der Waals surface area contributed by atoms with Crippen LogP contribution in [-0.4, -0.2) is 24.0 Å². The molecule has 1 unspecified atom stereocenters. The van der Waals surface area contributed by atoms with E-state index in [1.165, 1.54) is 18.4 Å². The Balaban J connectivity index is 2.65. The van der Waals surface area contributed by atoms with E-state index in [9.17, 15) is 4.79 Å². The molecule has 15 heavy (non-hydrogen) atoms. The molecule has 0 radical (unpaired) electrons. The minimum atomic E-state index is 0.0240. The lowest BCUT2D eigenvalue weighted by Gasteiger charge is -2.30. The number of amides is 2. The van der Waals surface area contributed by atoms with Crippen molar-refractivity contribution in [1.82, 2.24) is 10.2 Å². The zero-order valence-electron chi connectivity index (χ0n) is 10.0. The van der Waals surface area contributed by atoms with Gasteiger partial charge >= 0.3 is 6.03 Å². The van der Waals surface area contributed by atoms with Crippen LogP contribution in [0, 0.1) is 0 Å². The summed E-state index contributed by atoms with van der Waals surface area (Å²) in [6.07, 6.45) is 7.65. The van der Waals surface area contributed by atoms with E-state index in [1.54, 1.807) is 11.9 Å². The van der Waals surface area contributed by atoms with E-state index in [0.29, 0.717) is 0 Å². The fourth-order valence-corrected chi connectivity index (χ4v) is 1.93. The minimum Gasteiger partial charge on any atom is -0.331 e. The fourth-order valence-electron chi connectivity index (χ4n) is 1.93. The van der Waals surface area contributed by atoms with E-state index in [4.69, 9.17) is 0 Å². The molecule has 3 heteroatoms. The van der Waals surface area contributed by atoms with Gasteiger partial charge in [0.2, 0.25) is 0 Å². The van der Waals surface area contributed by atoms with Crippen molar-refractivity contribution in [3.8, 4) is 0 Å². The van der Waals surface area contributed by atoms with Gasteiger partial charge in [-0.1, -0.05) is 33.1 Å². The second-order valence-electron chi connectivity index (χ2n) is 4.21. The number of nitrogens with zero attached hydrogens (tertiary/aromatic N) is 1. The average molecular weight is 210 g/mol. The molecule has 1 aliphatic rings. The number of hydrogen-bond acceptors (Lipinski definition) is 1.